The van der Waals surface area contributed by atoms with Crippen molar-refractivity contribution >= 4 is 61.9 Å². The standard InChI is InChI=1S/C29H35N3O5S3/c1-19-17-31(18-20(2)37-19)40(35,36)24-12-10-23(11-13-24)30-26(33)14-15-32-27(34)25(39-28(32)38)16-21-6-8-22(9-7-21)29(3,4)5/h6-13,16,19-20H,14-15,17-18H2,1-5H3,(H,30,33). The van der Waals surface area contributed by atoms with Crippen molar-refractivity contribution in [2.24, 2.45) is 0 Å². The molecule has 0 radical (unpaired) electrons. The fourth-order valence-electron chi connectivity index (χ4n) is 4.55. The van der Waals surface area contributed by atoms with Gasteiger partial charge in [0.05, 0.1) is 22.0 Å². The predicted octanol–water partition coefficient (Wildman–Crippen LogP) is 5.01. The van der Waals surface area contributed by atoms with Crippen molar-refractivity contribution in [3.8, 4) is 0 Å². The lowest BCUT2D eigenvalue weighted by molar-refractivity contribution is -0.122. The molecule has 2 unspecified atom stereocenters. The average Bonchev–Trinajstić information content (AvgIpc) is 3.14. The van der Waals surface area contributed by atoms with Gasteiger partial charge in [-0.1, -0.05) is 69.0 Å². The zero-order valence-corrected chi connectivity index (χ0v) is 25.8. The van der Waals surface area contributed by atoms with E-state index in [0.717, 1.165) is 5.56 Å². The number of anilines is 1. The monoisotopic (exact) mass is 601 g/mol. The molecule has 0 aromatic heterocycles. The minimum absolute atomic E-state index is 0.0445. The number of morpholine rings is 1. The minimum atomic E-state index is -3.67. The van der Waals surface area contributed by atoms with Crippen molar-refractivity contribution in [3.05, 3.63) is 64.6 Å². The Bertz CT molecular complexity index is 1400. The number of hydrogen-bond acceptors (Lipinski definition) is 7. The second-order valence-electron chi connectivity index (χ2n) is 11.1. The largest absolute Gasteiger partial charge is 0.373 e. The van der Waals surface area contributed by atoms with Crippen LogP contribution in [0.25, 0.3) is 6.08 Å². The first-order valence-corrected chi connectivity index (χ1v) is 15.8. The third kappa shape index (κ3) is 7.19. The fraction of sp³-hybridized carbons (Fsp3) is 0.414. The quantitative estimate of drug-likeness (QED) is 0.352. The van der Waals surface area contributed by atoms with E-state index < -0.39 is 10.0 Å². The molecule has 8 nitrogen and oxygen atoms in total. The first-order chi connectivity index (χ1) is 18.7. The molecular weight excluding hydrogens is 567 g/mol. The lowest BCUT2D eigenvalue weighted by Gasteiger charge is -2.34. The minimum Gasteiger partial charge on any atom is -0.373 e. The van der Waals surface area contributed by atoms with Crippen LogP contribution in [-0.4, -0.2) is 65.6 Å². The Balaban J connectivity index is 1.32. The molecule has 2 aliphatic heterocycles. The molecular formula is C29H35N3O5S3. The Labute approximate surface area is 246 Å². The molecule has 2 fully saturated rings. The van der Waals surface area contributed by atoms with Crippen molar-refractivity contribution in [1.82, 2.24) is 9.21 Å². The normalized spacial score (nSPS) is 21.7. The van der Waals surface area contributed by atoms with E-state index in [9.17, 15) is 18.0 Å². The van der Waals surface area contributed by atoms with Gasteiger partial charge in [-0.15, -0.1) is 0 Å². The molecule has 2 amide bonds. The summed E-state index contributed by atoms with van der Waals surface area (Å²) in [6.45, 7) is 10.9. The number of thioether (sulfide) groups is 1. The molecule has 2 aliphatic rings. The van der Waals surface area contributed by atoms with E-state index in [1.165, 1.54) is 38.7 Å². The number of sulfonamides is 1. The van der Waals surface area contributed by atoms with Gasteiger partial charge in [0.2, 0.25) is 15.9 Å². The van der Waals surface area contributed by atoms with Gasteiger partial charge in [-0.25, -0.2) is 8.42 Å². The molecule has 4 rings (SSSR count). The summed E-state index contributed by atoms with van der Waals surface area (Å²) in [4.78, 5) is 27.7. The second-order valence-corrected chi connectivity index (χ2v) is 14.7. The van der Waals surface area contributed by atoms with Crippen LogP contribution in [0.5, 0.6) is 0 Å². The molecule has 214 valence electrons. The highest BCUT2D eigenvalue weighted by atomic mass is 32.2. The number of hydrogen-bond donors (Lipinski definition) is 1. The summed E-state index contributed by atoms with van der Waals surface area (Å²) in [5, 5.41) is 2.77. The smallest absolute Gasteiger partial charge is 0.266 e. The van der Waals surface area contributed by atoms with Crippen LogP contribution in [0, 0.1) is 0 Å². The number of carbonyl (C=O) groups excluding carboxylic acids is 2. The summed E-state index contributed by atoms with van der Waals surface area (Å²) in [5.41, 5.74) is 2.63. The van der Waals surface area contributed by atoms with E-state index >= 15 is 0 Å². The summed E-state index contributed by atoms with van der Waals surface area (Å²) in [6, 6.07) is 14.2. The third-order valence-corrected chi connectivity index (χ3v) is 9.90. The maximum absolute atomic E-state index is 13.0. The van der Waals surface area contributed by atoms with E-state index in [2.05, 4.69) is 38.2 Å². The number of carbonyl (C=O) groups is 2. The van der Waals surface area contributed by atoms with Crippen LogP contribution < -0.4 is 5.32 Å². The highest BCUT2D eigenvalue weighted by molar-refractivity contribution is 8.26. The van der Waals surface area contributed by atoms with Crippen molar-refractivity contribution in [2.45, 2.75) is 63.6 Å². The van der Waals surface area contributed by atoms with Crippen LogP contribution in [0.3, 0.4) is 0 Å². The average molecular weight is 602 g/mol. The van der Waals surface area contributed by atoms with Crippen molar-refractivity contribution < 1.29 is 22.7 Å². The van der Waals surface area contributed by atoms with Gasteiger partial charge >= 0.3 is 0 Å². The van der Waals surface area contributed by atoms with Gasteiger partial charge in [-0.2, -0.15) is 4.31 Å². The van der Waals surface area contributed by atoms with Crippen molar-refractivity contribution in [2.75, 3.05) is 25.0 Å². The van der Waals surface area contributed by atoms with Crippen LogP contribution in [0.4, 0.5) is 5.69 Å². The van der Waals surface area contributed by atoms with Gasteiger partial charge in [-0.3, -0.25) is 14.5 Å². The van der Waals surface area contributed by atoms with E-state index in [4.69, 9.17) is 17.0 Å². The summed E-state index contributed by atoms with van der Waals surface area (Å²) < 4.78 is 33.6. The Morgan fingerprint density at radius 2 is 1.68 bits per heavy atom. The highest BCUT2D eigenvalue weighted by Crippen LogP contribution is 2.33. The maximum atomic E-state index is 13.0. The number of amides is 2. The number of rotatable bonds is 7. The fourth-order valence-corrected chi connectivity index (χ4v) is 7.45. The molecule has 40 heavy (non-hydrogen) atoms. The number of nitrogens with one attached hydrogen (secondary N) is 1. The SMILES string of the molecule is CC1CN(S(=O)(=O)c2ccc(NC(=O)CCN3C(=O)C(=Cc4ccc(C(C)(C)C)cc4)SC3=S)cc2)CC(C)O1. The van der Waals surface area contributed by atoms with Crippen LogP contribution in [0.2, 0.25) is 0 Å². The molecule has 2 aromatic carbocycles. The van der Waals surface area contributed by atoms with Crippen molar-refractivity contribution in [3.63, 3.8) is 0 Å². The van der Waals surface area contributed by atoms with Gasteiger partial charge in [-0.05, 0) is 60.7 Å². The summed E-state index contributed by atoms with van der Waals surface area (Å²) in [5.74, 6) is -0.522. The van der Waals surface area contributed by atoms with Gasteiger partial charge in [0, 0.05) is 31.7 Å². The molecule has 11 heteroatoms. The lowest BCUT2D eigenvalue weighted by atomic mass is 9.87. The molecule has 0 bridgehead atoms. The number of ether oxygens (including phenoxy) is 1. The van der Waals surface area contributed by atoms with Crippen LogP contribution in [0.1, 0.15) is 52.2 Å². The Morgan fingerprint density at radius 3 is 2.25 bits per heavy atom. The molecule has 1 N–H and O–H groups in total. The first kappa shape index (κ1) is 30.4. The molecule has 0 spiro atoms. The zero-order chi connectivity index (χ0) is 29.2. The Hall–Kier alpha value is -2.57. The van der Waals surface area contributed by atoms with Crippen LogP contribution in [0.15, 0.2) is 58.3 Å². The van der Waals surface area contributed by atoms with Gasteiger partial charge in [0.25, 0.3) is 5.91 Å². The molecule has 2 saturated heterocycles. The van der Waals surface area contributed by atoms with E-state index in [1.54, 1.807) is 12.1 Å². The molecule has 0 saturated carbocycles. The summed E-state index contributed by atoms with van der Waals surface area (Å²) >= 11 is 6.63. The molecule has 2 atom stereocenters. The van der Waals surface area contributed by atoms with E-state index in [1.807, 2.05) is 32.1 Å². The van der Waals surface area contributed by atoms with Crippen LogP contribution in [-0.2, 0) is 29.8 Å². The number of benzene rings is 2. The van der Waals surface area contributed by atoms with E-state index in [-0.39, 0.29) is 47.3 Å². The molecule has 0 aliphatic carbocycles. The predicted molar refractivity (Wildman–Crippen MR) is 163 cm³/mol. The summed E-state index contributed by atoms with van der Waals surface area (Å²) in [7, 11) is -3.67. The highest BCUT2D eigenvalue weighted by Gasteiger charge is 2.33. The number of thiocarbonyl (C=S) groups is 1. The Kier molecular flexibility index (Phi) is 9.21. The van der Waals surface area contributed by atoms with E-state index in [0.29, 0.717) is 28.0 Å². The van der Waals surface area contributed by atoms with Gasteiger partial charge < -0.3 is 10.1 Å². The molecule has 2 heterocycles. The topological polar surface area (TPSA) is 96.0 Å². The third-order valence-electron chi connectivity index (χ3n) is 6.67. The number of nitrogens with zero attached hydrogens (tertiary/aromatic N) is 2. The van der Waals surface area contributed by atoms with Crippen molar-refractivity contribution in [1.29, 1.82) is 0 Å². The van der Waals surface area contributed by atoms with Gasteiger partial charge in [0.1, 0.15) is 4.32 Å². The summed E-state index contributed by atoms with van der Waals surface area (Å²) in [6.07, 6.45) is 1.50. The maximum Gasteiger partial charge on any atom is 0.266 e. The molecule has 2 aromatic rings. The lowest BCUT2D eigenvalue weighted by Crippen LogP contribution is -2.48. The van der Waals surface area contributed by atoms with Gasteiger partial charge in [0.15, 0.2) is 0 Å². The second kappa shape index (κ2) is 12.1. The zero-order valence-electron chi connectivity index (χ0n) is 23.3. The first-order valence-electron chi connectivity index (χ1n) is 13.2. The Morgan fingerprint density at radius 1 is 1.07 bits per heavy atom. The van der Waals surface area contributed by atoms with Crippen LogP contribution >= 0.6 is 24.0 Å².